The van der Waals surface area contributed by atoms with Crippen molar-refractivity contribution in [1.82, 2.24) is 0 Å². The minimum absolute atomic E-state index is 0.0728. The Bertz CT molecular complexity index is 1400. The zero-order chi connectivity index (χ0) is 35.7. The van der Waals surface area contributed by atoms with Crippen LogP contribution in [-0.4, -0.2) is 50.9 Å². The number of hydrogen-bond acceptors (Lipinski definition) is 8. The van der Waals surface area contributed by atoms with Gasteiger partial charge < -0.3 is 23.7 Å². The van der Waals surface area contributed by atoms with Crippen LogP contribution < -0.4 is 9.47 Å². The van der Waals surface area contributed by atoms with Gasteiger partial charge in [0.1, 0.15) is 24.7 Å². The summed E-state index contributed by atoms with van der Waals surface area (Å²) in [7, 11) is 0. The molecule has 0 bridgehead atoms. The lowest BCUT2D eigenvalue weighted by Crippen LogP contribution is -2.35. The molecule has 0 spiro atoms. The van der Waals surface area contributed by atoms with Gasteiger partial charge in [-0.2, -0.15) is 0 Å². The molecule has 1 unspecified atom stereocenters. The standard InChI is InChI=1S/C40H51O8/c1-10-39(9,26-46-36(41)29(3)4)22-24-44-34-18-14-32(15-19-34)12-13-33-16-20-35(21-17-33)45-25-23-40(11-2,27-47-37(42)30(5)6)28-48-38(43)31(7)8/h12-21H,3,5,7,9-11,22-28H2,1-2,4,6,8H3/b13-12+. The minimum atomic E-state index is -0.617. The molecule has 0 aliphatic carbocycles. The fourth-order valence-electron chi connectivity index (χ4n) is 4.26. The molecule has 0 fully saturated rings. The molecular weight excluding hydrogens is 608 g/mol. The van der Waals surface area contributed by atoms with E-state index in [9.17, 15) is 14.4 Å². The van der Waals surface area contributed by atoms with Gasteiger partial charge in [0.15, 0.2) is 0 Å². The number of ether oxygens (including phenoxy) is 5. The highest BCUT2D eigenvalue weighted by Crippen LogP contribution is 2.30. The average molecular weight is 660 g/mol. The van der Waals surface area contributed by atoms with Gasteiger partial charge in [-0.25, -0.2) is 14.4 Å². The highest BCUT2D eigenvalue weighted by molar-refractivity contribution is 5.87. The molecule has 0 amide bonds. The molecule has 0 N–H and O–H groups in total. The van der Waals surface area contributed by atoms with Gasteiger partial charge in [0.25, 0.3) is 0 Å². The molecule has 2 rings (SSSR count). The van der Waals surface area contributed by atoms with Gasteiger partial charge in [0, 0.05) is 27.5 Å². The second-order valence-electron chi connectivity index (χ2n) is 12.4. The van der Waals surface area contributed by atoms with Crippen molar-refractivity contribution >= 4 is 30.1 Å². The zero-order valence-electron chi connectivity index (χ0n) is 29.2. The molecule has 1 radical (unpaired) electrons. The van der Waals surface area contributed by atoms with Gasteiger partial charge in [-0.3, -0.25) is 0 Å². The molecule has 259 valence electrons. The second kappa shape index (κ2) is 19.3. The monoisotopic (exact) mass is 659 g/mol. The Kier molecular flexibility index (Phi) is 15.9. The Labute approximate surface area is 286 Å². The lowest BCUT2D eigenvalue weighted by atomic mass is 9.83. The minimum Gasteiger partial charge on any atom is -0.494 e. The first-order valence-corrected chi connectivity index (χ1v) is 16.2. The average Bonchev–Trinajstić information content (AvgIpc) is 3.07. The highest BCUT2D eigenvalue weighted by Gasteiger charge is 2.32. The Morgan fingerprint density at radius 2 is 0.979 bits per heavy atom. The lowest BCUT2D eigenvalue weighted by molar-refractivity contribution is -0.150. The third-order valence-electron chi connectivity index (χ3n) is 8.10. The Morgan fingerprint density at radius 3 is 1.33 bits per heavy atom. The SMILES string of the molecule is [CH2]C(CC)(CCOc1ccc(/C=C/c2ccc(OCCC(CC)(COC(=O)C(=C)C)COC(=O)C(=C)C)cc2)cc1)COC(=O)C(=C)C. The van der Waals surface area contributed by atoms with E-state index in [-0.39, 0.29) is 19.8 Å². The molecular formula is C40H51O8. The van der Waals surface area contributed by atoms with E-state index in [4.69, 9.17) is 23.7 Å². The van der Waals surface area contributed by atoms with E-state index in [1.165, 1.54) is 0 Å². The van der Waals surface area contributed by atoms with Crippen LogP contribution in [0.5, 0.6) is 11.5 Å². The first-order chi connectivity index (χ1) is 22.7. The number of esters is 3. The predicted octanol–water partition coefficient (Wildman–Crippen LogP) is 8.38. The number of carbonyl (C=O) groups excluding carboxylic acids is 3. The molecule has 2 aromatic rings. The van der Waals surface area contributed by atoms with E-state index in [0.717, 1.165) is 23.3 Å². The fourth-order valence-corrected chi connectivity index (χ4v) is 4.26. The van der Waals surface area contributed by atoms with Crippen molar-refractivity contribution in [1.29, 1.82) is 0 Å². The van der Waals surface area contributed by atoms with Crippen molar-refractivity contribution in [3.63, 3.8) is 0 Å². The summed E-state index contributed by atoms with van der Waals surface area (Å²) < 4.78 is 28.2. The predicted molar refractivity (Wildman–Crippen MR) is 190 cm³/mol. The maximum atomic E-state index is 12.1. The van der Waals surface area contributed by atoms with Gasteiger partial charge >= 0.3 is 17.9 Å². The third kappa shape index (κ3) is 13.6. The topological polar surface area (TPSA) is 97.4 Å². The van der Waals surface area contributed by atoms with Crippen molar-refractivity contribution in [3.8, 4) is 11.5 Å². The van der Waals surface area contributed by atoms with Crippen molar-refractivity contribution in [2.75, 3.05) is 33.0 Å². The Balaban J connectivity index is 1.90. The fraction of sp³-hybridized carbons (Fsp3) is 0.400. The summed E-state index contributed by atoms with van der Waals surface area (Å²) in [6.45, 7) is 25.1. The number of carbonyl (C=O) groups is 3. The smallest absolute Gasteiger partial charge is 0.333 e. The van der Waals surface area contributed by atoms with Gasteiger partial charge in [0.05, 0.1) is 19.8 Å². The van der Waals surface area contributed by atoms with Crippen molar-refractivity contribution in [2.24, 2.45) is 10.8 Å². The van der Waals surface area contributed by atoms with Crippen LogP contribution in [-0.2, 0) is 28.6 Å². The van der Waals surface area contributed by atoms with E-state index in [2.05, 4.69) is 26.7 Å². The second-order valence-corrected chi connectivity index (χ2v) is 12.4. The van der Waals surface area contributed by atoms with Gasteiger partial charge in [0.2, 0.25) is 0 Å². The molecule has 0 aliphatic heterocycles. The maximum absolute atomic E-state index is 12.1. The van der Waals surface area contributed by atoms with E-state index in [1.54, 1.807) is 20.8 Å². The van der Waals surface area contributed by atoms with Crippen LogP contribution in [0.2, 0.25) is 0 Å². The third-order valence-corrected chi connectivity index (χ3v) is 8.10. The summed E-state index contributed by atoms with van der Waals surface area (Å²) in [6, 6.07) is 15.5. The summed E-state index contributed by atoms with van der Waals surface area (Å²) in [5.74, 6) is 0.0640. The van der Waals surface area contributed by atoms with Gasteiger partial charge in [-0.05, 0) is 88.8 Å². The van der Waals surface area contributed by atoms with Crippen LogP contribution in [0.4, 0.5) is 0 Å². The van der Waals surface area contributed by atoms with Crippen LogP contribution >= 0.6 is 0 Å². The molecule has 48 heavy (non-hydrogen) atoms. The quantitative estimate of drug-likeness (QED) is 0.0571. The van der Waals surface area contributed by atoms with Crippen LogP contribution in [0.3, 0.4) is 0 Å². The van der Waals surface area contributed by atoms with Gasteiger partial charge in [-0.15, -0.1) is 0 Å². The van der Waals surface area contributed by atoms with E-state index in [1.807, 2.05) is 74.5 Å². The summed E-state index contributed by atoms with van der Waals surface area (Å²) in [5.41, 5.74) is 1.96. The number of rotatable bonds is 21. The molecule has 0 saturated heterocycles. The zero-order valence-corrected chi connectivity index (χ0v) is 29.2. The molecule has 0 aliphatic rings. The molecule has 1 atom stereocenters. The van der Waals surface area contributed by atoms with E-state index in [0.29, 0.717) is 54.9 Å². The van der Waals surface area contributed by atoms with Crippen LogP contribution in [0.15, 0.2) is 85.0 Å². The Morgan fingerprint density at radius 1 is 0.604 bits per heavy atom. The highest BCUT2D eigenvalue weighted by atomic mass is 16.6. The Hall–Kier alpha value is -4.59. The first-order valence-electron chi connectivity index (χ1n) is 16.2. The first kappa shape index (κ1) is 39.6. The van der Waals surface area contributed by atoms with Crippen LogP contribution in [0.1, 0.15) is 71.4 Å². The normalized spacial score (nSPS) is 12.5. The summed E-state index contributed by atoms with van der Waals surface area (Å²) >= 11 is 0. The molecule has 0 saturated carbocycles. The molecule has 0 aromatic heterocycles. The summed E-state index contributed by atoms with van der Waals surface area (Å²) in [4.78, 5) is 35.9. The molecule has 0 heterocycles. The molecule has 2 aromatic carbocycles. The summed E-state index contributed by atoms with van der Waals surface area (Å²) in [6.07, 6.45) is 6.52. The van der Waals surface area contributed by atoms with E-state index < -0.39 is 28.7 Å². The number of hydrogen-bond donors (Lipinski definition) is 0. The molecule has 8 heteroatoms. The lowest BCUT2D eigenvalue weighted by Gasteiger charge is -2.31. The van der Waals surface area contributed by atoms with E-state index >= 15 is 0 Å². The maximum Gasteiger partial charge on any atom is 0.333 e. The van der Waals surface area contributed by atoms with Crippen molar-refractivity contribution in [2.45, 2.75) is 60.3 Å². The van der Waals surface area contributed by atoms with Crippen molar-refractivity contribution < 1.29 is 38.1 Å². The van der Waals surface area contributed by atoms with Crippen LogP contribution in [0, 0.1) is 17.8 Å². The molecule has 8 nitrogen and oxygen atoms in total. The number of benzene rings is 2. The van der Waals surface area contributed by atoms with Gasteiger partial charge in [-0.1, -0.05) is 70.0 Å². The van der Waals surface area contributed by atoms with Crippen molar-refractivity contribution in [3.05, 3.63) is 103 Å². The van der Waals surface area contributed by atoms with Crippen LogP contribution in [0.25, 0.3) is 12.2 Å². The summed E-state index contributed by atoms with van der Waals surface area (Å²) in [5, 5.41) is 0. The largest absolute Gasteiger partial charge is 0.494 e.